The highest BCUT2D eigenvalue weighted by atomic mass is 32.1. The lowest BCUT2D eigenvalue weighted by molar-refractivity contribution is -0.120. The summed E-state index contributed by atoms with van der Waals surface area (Å²) in [4.78, 5) is 36.1. The molecule has 9 nitrogen and oxygen atoms in total. The van der Waals surface area contributed by atoms with Crippen molar-refractivity contribution in [2.75, 3.05) is 50.6 Å². The topological polar surface area (TPSA) is 96.9 Å². The normalized spacial score (nSPS) is 16.4. The number of benzene rings is 1. The van der Waals surface area contributed by atoms with Crippen LogP contribution in [0.3, 0.4) is 0 Å². The minimum absolute atomic E-state index is 0.0280. The van der Waals surface area contributed by atoms with Crippen molar-refractivity contribution in [2.45, 2.75) is 32.6 Å². The fourth-order valence-electron chi connectivity index (χ4n) is 5.11. The van der Waals surface area contributed by atoms with E-state index in [9.17, 15) is 9.59 Å². The maximum Gasteiger partial charge on any atom is 0.257 e. The van der Waals surface area contributed by atoms with Gasteiger partial charge in [-0.1, -0.05) is 0 Å². The van der Waals surface area contributed by atoms with Crippen LogP contribution in [0, 0.1) is 12.8 Å². The van der Waals surface area contributed by atoms with Gasteiger partial charge in [-0.25, -0.2) is 4.98 Å². The number of ether oxygens (including phenoxy) is 2. The van der Waals surface area contributed by atoms with E-state index < -0.39 is 0 Å². The zero-order valence-corrected chi connectivity index (χ0v) is 21.7. The van der Waals surface area contributed by atoms with Crippen LogP contribution in [0.1, 0.15) is 41.7 Å². The molecule has 2 aliphatic heterocycles. The number of carbonyl (C=O) groups is 2. The second kappa shape index (κ2) is 10.3. The molecule has 1 N–H and O–H groups in total. The van der Waals surface area contributed by atoms with E-state index in [1.165, 1.54) is 11.5 Å². The minimum atomic E-state index is -0.134. The molecule has 0 atom stereocenters. The molecule has 190 valence electrons. The molecule has 1 aromatic carbocycles. The number of aromatic nitrogens is 2. The zero-order chi connectivity index (χ0) is 25.2. The van der Waals surface area contributed by atoms with Gasteiger partial charge < -0.3 is 24.6 Å². The number of nitrogens with one attached hydrogen (secondary N) is 1. The Labute approximate surface area is 214 Å². The number of piperidine rings is 1. The van der Waals surface area contributed by atoms with Crippen molar-refractivity contribution in [2.24, 2.45) is 5.92 Å². The Morgan fingerprint density at radius 2 is 1.83 bits per heavy atom. The van der Waals surface area contributed by atoms with Crippen LogP contribution in [0.5, 0.6) is 11.5 Å². The first kappa shape index (κ1) is 24.3. The number of rotatable bonds is 6. The fraction of sp³-hybridized carbons (Fsp3) is 0.462. The summed E-state index contributed by atoms with van der Waals surface area (Å²) in [5.74, 6) is 1.10. The Bertz CT molecular complexity index is 1280. The van der Waals surface area contributed by atoms with Crippen LogP contribution >= 0.6 is 11.5 Å². The van der Waals surface area contributed by atoms with Crippen LogP contribution in [0.4, 0.5) is 11.4 Å². The summed E-state index contributed by atoms with van der Waals surface area (Å²) in [6.45, 7) is 4.89. The third-order valence-corrected chi connectivity index (χ3v) is 7.97. The maximum atomic E-state index is 13.4. The lowest BCUT2D eigenvalue weighted by Crippen LogP contribution is -2.39. The van der Waals surface area contributed by atoms with Crippen molar-refractivity contribution in [1.82, 2.24) is 14.3 Å². The van der Waals surface area contributed by atoms with E-state index in [1.54, 1.807) is 38.6 Å². The molecule has 0 aliphatic carbocycles. The van der Waals surface area contributed by atoms with Gasteiger partial charge in [0.25, 0.3) is 5.91 Å². The van der Waals surface area contributed by atoms with E-state index in [1.807, 2.05) is 11.8 Å². The first-order chi connectivity index (χ1) is 17.5. The first-order valence-corrected chi connectivity index (χ1v) is 13.1. The standard InChI is InChI=1S/C26H31N5O4S/c1-16-22-23(19(15-27-25(22)36-29-16)26(33)31-10-4-5-11-31)30-12-8-17(9-13-30)24(32)28-20-7-6-18(34-2)14-21(20)35-3/h6-7,14-15,17H,4-5,8-13H2,1-3H3,(H,28,32). The molecule has 2 aliphatic rings. The number of aryl methyl sites for hydroxylation is 1. The largest absolute Gasteiger partial charge is 0.497 e. The third kappa shape index (κ3) is 4.57. The van der Waals surface area contributed by atoms with E-state index in [0.29, 0.717) is 48.7 Å². The highest BCUT2D eigenvalue weighted by molar-refractivity contribution is 7.13. The molecule has 5 rings (SSSR count). The molecule has 4 heterocycles. The Hall–Kier alpha value is -3.40. The Kier molecular flexibility index (Phi) is 6.95. The van der Waals surface area contributed by atoms with Gasteiger partial charge in [0.2, 0.25) is 5.91 Å². The highest BCUT2D eigenvalue weighted by Gasteiger charge is 2.31. The number of pyridine rings is 1. The number of carbonyl (C=O) groups excluding carboxylic acids is 2. The van der Waals surface area contributed by atoms with E-state index in [2.05, 4.69) is 19.6 Å². The number of nitrogens with zero attached hydrogens (tertiary/aromatic N) is 4. The van der Waals surface area contributed by atoms with E-state index in [0.717, 1.165) is 47.5 Å². The van der Waals surface area contributed by atoms with Crippen molar-refractivity contribution in [3.63, 3.8) is 0 Å². The number of fused-ring (bicyclic) bond motifs is 1. The van der Waals surface area contributed by atoms with Gasteiger partial charge in [0.05, 0.1) is 42.2 Å². The second-order valence-corrected chi connectivity index (χ2v) is 10.0. The minimum Gasteiger partial charge on any atom is -0.497 e. The van der Waals surface area contributed by atoms with Crippen LogP contribution in [0.15, 0.2) is 24.4 Å². The maximum absolute atomic E-state index is 13.4. The Morgan fingerprint density at radius 1 is 1.08 bits per heavy atom. The summed E-state index contributed by atoms with van der Waals surface area (Å²) in [6, 6.07) is 5.34. The van der Waals surface area contributed by atoms with Gasteiger partial charge in [-0.05, 0) is 56.3 Å². The van der Waals surface area contributed by atoms with Gasteiger partial charge in [0, 0.05) is 44.4 Å². The average Bonchev–Trinajstić information content (AvgIpc) is 3.58. The van der Waals surface area contributed by atoms with Crippen molar-refractivity contribution in [3.8, 4) is 11.5 Å². The number of methoxy groups -OCH3 is 2. The SMILES string of the molecule is COc1ccc(NC(=O)C2CCN(c3c(C(=O)N4CCCC4)cnc4snc(C)c34)CC2)c(OC)c1. The predicted molar refractivity (Wildman–Crippen MR) is 140 cm³/mol. The molecule has 0 unspecified atom stereocenters. The third-order valence-electron chi connectivity index (χ3n) is 7.12. The number of hydrogen-bond acceptors (Lipinski definition) is 8. The molecule has 2 amide bonds. The molecule has 2 saturated heterocycles. The van der Waals surface area contributed by atoms with Gasteiger partial charge >= 0.3 is 0 Å². The van der Waals surface area contributed by atoms with Crippen molar-refractivity contribution < 1.29 is 19.1 Å². The summed E-state index contributed by atoms with van der Waals surface area (Å²) in [5.41, 5.74) is 3.07. The fourth-order valence-corrected chi connectivity index (χ4v) is 5.87. The van der Waals surface area contributed by atoms with Crippen LogP contribution in [-0.4, -0.2) is 66.5 Å². The molecule has 2 aromatic heterocycles. The van der Waals surface area contributed by atoms with Crippen LogP contribution in [0.2, 0.25) is 0 Å². The molecule has 10 heteroatoms. The molecule has 36 heavy (non-hydrogen) atoms. The van der Waals surface area contributed by atoms with Gasteiger partial charge in [-0.3, -0.25) is 9.59 Å². The molecule has 3 aromatic rings. The lowest BCUT2D eigenvalue weighted by Gasteiger charge is -2.35. The molecule has 0 saturated carbocycles. The monoisotopic (exact) mass is 509 g/mol. The Morgan fingerprint density at radius 3 is 2.53 bits per heavy atom. The summed E-state index contributed by atoms with van der Waals surface area (Å²) in [6.07, 6.45) is 5.15. The predicted octanol–water partition coefficient (Wildman–Crippen LogP) is 4.11. The van der Waals surface area contributed by atoms with Crippen LogP contribution in [-0.2, 0) is 4.79 Å². The van der Waals surface area contributed by atoms with Gasteiger partial charge in [-0.15, -0.1) is 0 Å². The molecular formula is C26H31N5O4S. The van der Waals surface area contributed by atoms with Gasteiger partial charge in [0.15, 0.2) is 0 Å². The number of anilines is 2. The second-order valence-electron chi connectivity index (χ2n) is 9.28. The van der Waals surface area contributed by atoms with Gasteiger partial charge in [-0.2, -0.15) is 4.37 Å². The van der Waals surface area contributed by atoms with Crippen molar-refractivity contribution >= 4 is 44.9 Å². The van der Waals surface area contributed by atoms with E-state index in [-0.39, 0.29) is 17.7 Å². The summed E-state index contributed by atoms with van der Waals surface area (Å²) in [7, 11) is 3.16. The lowest BCUT2D eigenvalue weighted by atomic mass is 9.94. The summed E-state index contributed by atoms with van der Waals surface area (Å²) >= 11 is 1.36. The van der Waals surface area contributed by atoms with E-state index in [4.69, 9.17) is 9.47 Å². The van der Waals surface area contributed by atoms with Crippen LogP contribution in [0.25, 0.3) is 10.2 Å². The molecule has 0 bridgehead atoms. The smallest absolute Gasteiger partial charge is 0.257 e. The summed E-state index contributed by atoms with van der Waals surface area (Å²) < 4.78 is 15.2. The highest BCUT2D eigenvalue weighted by Crippen LogP contribution is 2.37. The molecule has 2 fully saturated rings. The van der Waals surface area contributed by atoms with Crippen molar-refractivity contribution in [1.29, 1.82) is 0 Å². The first-order valence-electron chi connectivity index (χ1n) is 12.3. The number of amides is 2. The number of hydrogen-bond donors (Lipinski definition) is 1. The number of likely N-dealkylation sites (tertiary alicyclic amines) is 1. The van der Waals surface area contributed by atoms with Crippen molar-refractivity contribution in [3.05, 3.63) is 35.7 Å². The van der Waals surface area contributed by atoms with Gasteiger partial charge in [0.1, 0.15) is 16.3 Å². The van der Waals surface area contributed by atoms with Crippen LogP contribution < -0.4 is 19.7 Å². The average molecular weight is 510 g/mol. The van der Waals surface area contributed by atoms with E-state index >= 15 is 0 Å². The summed E-state index contributed by atoms with van der Waals surface area (Å²) in [5, 5.41) is 3.98. The quantitative estimate of drug-likeness (QED) is 0.534. The zero-order valence-electron chi connectivity index (χ0n) is 20.9. The Balaban J connectivity index is 1.35. The molecule has 0 radical (unpaired) electrons. The molecule has 0 spiro atoms. The molecular weight excluding hydrogens is 478 g/mol.